The monoisotopic (exact) mass is 325 g/mol. The van der Waals surface area contributed by atoms with E-state index in [0.29, 0.717) is 13.1 Å². The molecule has 1 unspecified atom stereocenters. The molecule has 0 aliphatic carbocycles. The summed E-state index contributed by atoms with van der Waals surface area (Å²) in [5.74, 6) is 0.904. The van der Waals surface area contributed by atoms with Crippen LogP contribution in [-0.2, 0) is 21.1 Å². The molecule has 0 radical (unpaired) electrons. The fourth-order valence-electron chi connectivity index (χ4n) is 2.18. The first-order valence-corrected chi connectivity index (χ1v) is 9.10. The van der Waals surface area contributed by atoms with E-state index in [4.69, 9.17) is 4.74 Å². The van der Waals surface area contributed by atoms with Gasteiger partial charge in [0.05, 0.1) is 30.8 Å². The topological polar surface area (TPSA) is 71.0 Å². The summed E-state index contributed by atoms with van der Waals surface area (Å²) in [4.78, 5) is 6.42. The van der Waals surface area contributed by atoms with Crippen LogP contribution in [0.1, 0.15) is 5.56 Å². The van der Waals surface area contributed by atoms with E-state index in [2.05, 4.69) is 10.3 Å². The molecule has 0 saturated carbocycles. The van der Waals surface area contributed by atoms with Gasteiger partial charge in [-0.05, 0) is 5.56 Å². The lowest BCUT2D eigenvalue weighted by atomic mass is 10.2. The van der Waals surface area contributed by atoms with Crippen molar-refractivity contribution in [3.63, 3.8) is 0 Å². The minimum absolute atomic E-state index is 0.0688. The third kappa shape index (κ3) is 5.31. The summed E-state index contributed by atoms with van der Waals surface area (Å²) < 4.78 is 28.7. The third-order valence-electron chi connectivity index (χ3n) is 3.35. The number of rotatable bonds is 4. The fourth-order valence-corrected chi connectivity index (χ4v) is 3.48. The molecular weight excluding hydrogens is 302 g/mol. The maximum absolute atomic E-state index is 11.6. The highest BCUT2D eigenvalue weighted by molar-refractivity contribution is 7.91. The van der Waals surface area contributed by atoms with Crippen molar-refractivity contribution in [1.82, 2.24) is 10.2 Å². The molecule has 1 atom stereocenters. The van der Waals surface area contributed by atoms with Crippen LogP contribution in [0.25, 0.3) is 0 Å². The molecule has 1 fully saturated rings. The zero-order chi connectivity index (χ0) is 16.0. The van der Waals surface area contributed by atoms with Gasteiger partial charge < -0.3 is 15.0 Å². The Kier molecular flexibility index (Phi) is 5.79. The van der Waals surface area contributed by atoms with Crippen molar-refractivity contribution in [3.05, 3.63) is 35.9 Å². The zero-order valence-electron chi connectivity index (χ0n) is 13.0. The Morgan fingerprint density at radius 2 is 2.09 bits per heavy atom. The molecular formula is C15H23N3O3S. The predicted molar refractivity (Wildman–Crippen MR) is 87.7 cm³/mol. The Balaban J connectivity index is 1.91. The molecule has 0 bridgehead atoms. The number of sulfone groups is 1. The number of hydrogen-bond donors (Lipinski definition) is 1. The Morgan fingerprint density at radius 1 is 1.36 bits per heavy atom. The molecule has 7 heteroatoms. The van der Waals surface area contributed by atoms with Crippen LogP contribution in [0, 0.1) is 0 Å². The van der Waals surface area contributed by atoms with E-state index in [1.165, 1.54) is 0 Å². The van der Waals surface area contributed by atoms with Crippen LogP contribution < -0.4 is 5.32 Å². The van der Waals surface area contributed by atoms with Gasteiger partial charge in [0.1, 0.15) is 0 Å². The molecule has 1 N–H and O–H groups in total. The van der Waals surface area contributed by atoms with Crippen molar-refractivity contribution >= 4 is 15.8 Å². The maximum Gasteiger partial charge on any atom is 0.193 e. The molecule has 22 heavy (non-hydrogen) atoms. The third-order valence-corrected chi connectivity index (χ3v) is 5.02. The lowest BCUT2D eigenvalue weighted by molar-refractivity contribution is 0.0744. The SMILES string of the molecule is CN(C)C(=NCc1ccccc1)NCC1CS(=O)(=O)CCO1. The van der Waals surface area contributed by atoms with Crippen molar-refractivity contribution in [2.75, 3.05) is 38.8 Å². The molecule has 1 saturated heterocycles. The number of aliphatic imine (C=N–C) groups is 1. The molecule has 1 aromatic carbocycles. The number of nitrogens with zero attached hydrogens (tertiary/aromatic N) is 2. The van der Waals surface area contributed by atoms with Crippen LogP contribution in [0.5, 0.6) is 0 Å². The average molecular weight is 325 g/mol. The fraction of sp³-hybridized carbons (Fsp3) is 0.533. The van der Waals surface area contributed by atoms with Crippen molar-refractivity contribution in [2.45, 2.75) is 12.6 Å². The van der Waals surface area contributed by atoms with Gasteiger partial charge in [-0.15, -0.1) is 0 Å². The molecule has 1 aliphatic heterocycles. The van der Waals surface area contributed by atoms with Gasteiger partial charge in [-0.25, -0.2) is 13.4 Å². The highest BCUT2D eigenvalue weighted by atomic mass is 32.2. The average Bonchev–Trinajstić information content (AvgIpc) is 2.47. The van der Waals surface area contributed by atoms with E-state index in [1.54, 1.807) is 0 Å². The molecule has 1 aliphatic rings. The van der Waals surface area contributed by atoms with Crippen LogP contribution in [0.2, 0.25) is 0 Å². The summed E-state index contributed by atoms with van der Waals surface area (Å²) in [5.41, 5.74) is 1.13. The smallest absolute Gasteiger partial charge is 0.193 e. The second kappa shape index (κ2) is 7.60. The Hall–Kier alpha value is -1.60. The Labute approximate surface area is 132 Å². The van der Waals surface area contributed by atoms with Gasteiger partial charge >= 0.3 is 0 Å². The Morgan fingerprint density at radius 3 is 2.73 bits per heavy atom. The molecule has 6 nitrogen and oxygen atoms in total. The quantitative estimate of drug-likeness (QED) is 0.645. The van der Waals surface area contributed by atoms with Crippen LogP contribution in [0.3, 0.4) is 0 Å². The maximum atomic E-state index is 11.6. The number of benzene rings is 1. The van der Waals surface area contributed by atoms with Crippen LogP contribution in [-0.4, -0.2) is 64.1 Å². The number of hydrogen-bond acceptors (Lipinski definition) is 4. The van der Waals surface area contributed by atoms with E-state index in [1.807, 2.05) is 49.3 Å². The highest BCUT2D eigenvalue weighted by Crippen LogP contribution is 2.06. The molecule has 0 aromatic heterocycles. The van der Waals surface area contributed by atoms with E-state index in [-0.39, 0.29) is 24.2 Å². The summed E-state index contributed by atoms with van der Waals surface area (Å²) >= 11 is 0. The molecule has 1 heterocycles. The predicted octanol–water partition coefficient (Wildman–Crippen LogP) is 0.507. The van der Waals surface area contributed by atoms with E-state index in [0.717, 1.165) is 11.5 Å². The number of ether oxygens (including phenoxy) is 1. The lowest BCUT2D eigenvalue weighted by Gasteiger charge is -2.25. The van der Waals surface area contributed by atoms with Crippen LogP contribution in [0.4, 0.5) is 0 Å². The largest absolute Gasteiger partial charge is 0.374 e. The zero-order valence-corrected chi connectivity index (χ0v) is 13.8. The van der Waals surface area contributed by atoms with E-state index in [9.17, 15) is 8.42 Å². The van der Waals surface area contributed by atoms with Crippen molar-refractivity contribution in [1.29, 1.82) is 0 Å². The van der Waals surface area contributed by atoms with Gasteiger partial charge in [-0.2, -0.15) is 0 Å². The van der Waals surface area contributed by atoms with Gasteiger partial charge in [0.15, 0.2) is 15.8 Å². The summed E-state index contributed by atoms with van der Waals surface area (Å²) in [6.07, 6.45) is -0.319. The first kappa shape index (κ1) is 16.8. The second-order valence-corrected chi connectivity index (χ2v) is 7.74. The summed E-state index contributed by atoms with van der Waals surface area (Å²) in [6.45, 7) is 1.28. The van der Waals surface area contributed by atoms with Gasteiger partial charge in [-0.1, -0.05) is 30.3 Å². The van der Waals surface area contributed by atoms with Gasteiger partial charge in [0.25, 0.3) is 0 Å². The van der Waals surface area contributed by atoms with Gasteiger partial charge in [-0.3, -0.25) is 0 Å². The molecule has 122 valence electrons. The molecule has 0 amide bonds. The van der Waals surface area contributed by atoms with Crippen LogP contribution >= 0.6 is 0 Å². The summed E-state index contributed by atoms with van der Waals surface area (Å²) in [5, 5.41) is 3.18. The van der Waals surface area contributed by atoms with Crippen molar-refractivity contribution in [3.8, 4) is 0 Å². The molecule has 1 aromatic rings. The minimum atomic E-state index is -2.97. The van der Waals surface area contributed by atoms with Gasteiger partial charge in [0, 0.05) is 20.6 Å². The molecule has 0 spiro atoms. The van der Waals surface area contributed by atoms with Crippen molar-refractivity contribution < 1.29 is 13.2 Å². The summed E-state index contributed by atoms with van der Waals surface area (Å²) in [7, 11) is 0.822. The first-order valence-electron chi connectivity index (χ1n) is 7.28. The van der Waals surface area contributed by atoms with E-state index < -0.39 is 9.84 Å². The lowest BCUT2D eigenvalue weighted by Crippen LogP contribution is -2.45. The highest BCUT2D eigenvalue weighted by Gasteiger charge is 2.25. The van der Waals surface area contributed by atoms with Gasteiger partial charge in [0.2, 0.25) is 0 Å². The number of nitrogens with one attached hydrogen (secondary N) is 1. The normalized spacial score (nSPS) is 21.4. The number of guanidine groups is 1. The summed E-state index contributed by atoms with van der Waals surface area (Å²) in [6, 6.07) is 9.98. The Bertz CT molecular complexity index is 600. The van der Waals surface area contributed by atoms with Crippen molar-refractivity contribution in [2.24, 2.45) is 4.99 Å². The first-order chi connectivity index (χ1) is 10.5. The minimum Gasteiger partial charge on any atom is -0.374 e. The van der Waals surface area contributed by atoms with Crippen LogP contribution in [0.15, 0.2) is 35.3 Å². The molecule has 2 rings (SSSR count). The second-order valence-electron chi connectivity index (χ2n) is 5.51. The van der Waals surface area contributed by atoms with E-state index >= 15 is 0 Å². The standard InChI is InChI=1S/C15H23N3O3S/c1-18(2)15(16-10-13-6-4-3-5-7-13)17-11-14-12-22(19,20)9-8-21-14/h3-7,14H,8-12H2,1-2H3,(H,16,17).